The molecule has 0 atom stereocenters. The number of nitriles is 2. The molecule has 128 valence electrons. The normalized spacial score (nSPS) is 10.5. The molecule has 0 unspecified atom stereocenters. The number of thioether (sulfide) groups is 1. The van der Waals surface area contributed by atoms with E-state index in [2.05, 4.69) is 32.7 Å². The first-order valence-electron chi connectivity index (χ1n) is 7.85. The monoisotopic (exact) mass is 346 g/mol. The Labute approximate surface area is 147 Å². The van der Waals surface area contributed by atoms with Crippen LogP contribution >= 0.6 is 11.8 Å². The lowest BCUT2D eigenvalue weighted by atomic mass is 10.1. The lowest BCUT2D eigenvalue weighted by molar-refractivity contribution is -0.410. The van der Waals surface area contributed by atoms with Gasteiger partial charge in [-0.15, -0.1) is 0 Å². The van der Waals surface area contributed by atoms with E-state index in [9.17, 15) is 10.1 Å². The van der Waals surface area contributed by atoms with Gasteiger partial charge in [0.2, 0.25) is 5.91 Å². The predicted molar refractivity (Wildman–Crippen MR) is 93.8 cm³/mol. The van der Waals surface area contributed by atoms with E-state index in [-0.39, 0.29) is 23.0 Å². The number of nitrogens with one attached hydrogen (secondary N) is 1. The largest absolute Gasteiger partial charge is 0.341 e. The molecule has 0 saturated heterocycles. The van der Waals surface area contributed by atoms with Gasteiger partial charge in [-0.3, -0.25) is 10.5 Å². The van der Waals surface area contributed by atoms with Crippen LogP contribution in [0.25, 0.3) is 0 Å². The second kappa shape index (κ2) is 9.14. The van der Waals surface area contributed by atoms with Gasteiger partial charge < -0.3 is 4.90 Å². The maximum absolute atomic E-state index is 12.5. The molecule has 0 aromatic carbocycles. The van der Waals surface area contributed by atoms with Crippen LogP contribution in [0, 0.1) is 34.5 Å². The Hall–Kier alpha value is -2.25. The molecule has 0 radical (unpaired) electrons. The number of amides is 1. The summed E-state index contributed by atoms with van der Waals surface area (Å²) in [5.74, 6) is 1.24. The van der Waals surface area contributed by atoms with Crippen molar-refractivity contribution < 1.29 is 9.78 Å². The number of aromatic nitrogens is 1. The quantitative estimate of drug-likeness (QED) is 0.760. The molecule has 0 aliphatic rings. The molecular formula is C17H24N5OS+. The molecule has 1 amide bonds. The van der Waals surface area contributed by atoms with Crippen molar-refractivity contribution in [2.24, 2.45) is 11.8 Å². The second-order valence-corrected chi connectivity index (χ2v) is 7.42. The summed E-state index contributed by atoms with van der Waals surface area (Å²) in [7, 11) is 0. The van der Waals surface area contributed by atoms with Crippen molar-refractivity contribution in [2.45, 2.75) is 32.7 Å². The Morgan fingerprint density at radius 1 is 1.21 bits per heavy atom. The first kappa shape index (κ1) is 19.8. The maximum Gasteiger partial charge on any atom is 0.289 e. The molecule has 0 aliphatic carbocycles. The first-order valence-corrected chi connectivity index (χ1v) is 8.83. The second-order valence-electron chi connectivity index (χ2n) is 6.44. The molecule has 0 aliphatic heterocycles. The number of aromatic amines is 1. The minimum absolute atomic E-state index is 0.0302. The minimum Gasteiger partial charge on any atom is -0.341 e. The smallest absolute Gasteiger partial charge is 0.289 e. The zero-order valence-corrected chi connectivity index (χ0v) is 15.4. The average Bonchev–Trinajstić information content (AvgIpc) is 2.51. The SMILES string of the molecule is CC(C)CN(CC(C)C)C(=O)CSc1[nH+]c(N)c(C#N)cc1C#N. The number of nitrogens with zero attached hydrogens (tertiary/aromatic N) is 3. The molecule has 24 heavy (non-hydrogen) atoms. The van der Waals surface area contributed by atoms with Gasteiger partial charge in [0.25, 0.3) is 5.82 Å². The van der Waals surface area contributed by atoms with Crippen LogP contribution in [0.3, 0.4) is 0 Å². The topological polar surface area (TPSA) is 108 Å². The average molecular weight is 346 g/mol. The Morgan fingerprint density at radius 3 is 2.21 bits per heavy atom. The molecule has 1 aromatic rings. The molecule has 0 spiro atoms. The number of nitrogen functional groups attached to an aromatic ring is 1. The van der Waals surface area contributed by atoms with Crippen molar-refractivity contribution in [2.75, 3.05) is 24.6 Å². The Morgan fingerprint density at radius 2 is 1.75 bits per heavy atom. The number of carbonyl (C=O) groups excluding carboxylic acids is 1. The molecule has 1 aromatic heterocycles. The van der Waals surface area contributed by atoms with E-state index in [1.807, 2.05) is 17.0 Å². The van der Waals surface area contributed by atoms with Gasteiger partial charge in [-0.05, 0) is 17.9 Å². The van der Waals surface area contributed by atoms with Gasteiger partial charge in [0.05, 0.1) is 5.75 Å². The maximum atomic E-state index is 12.5. The van der Waals surface area contributed by atoms with Crippen LogP contribution in [0.5, 0.6) is 0 Å². The van der Waals surface area contributed by atoms with Gasteiger partial charge >= 0.3 is 0 Å². The zero-order valence-electron chi connectivity index (χ0n) is 14.6. The van der Waals surface area contributed by atoms with Crippen LogP contribution in [0.2, 0.25) is 0 Å². The Kier molecular flexibility index (Phi) is 7.54. The summed E-state index contributed by atoms with van der Waals surface area (Å²) in [4.78, 5) is 17.2. The summed E-state index contributed by atoms with van der Waals surface area (Å²) in [5.41, 5.74) is 6.30. The highest BCUT2D eigenvalue weighted by Crippen LogP contribution is 2.21. The summed E-state index contributed by atoms with van der Waals surface area (Å²) in [6.07, 6.45) is 0. The third kappa shape index (κ3) is 5.75. The fraction of sp³-hybridized carbons (Fsp3) is 0.529. The van der Waals surface area contributed by atoms with E-state index in [0.29, 0.717) is 35.5 Å². The van der Waals surface area contributed by atoms with Crippen LogP contribution in [-0.2, 0) is 4.79 Å². The number of hydrogen-bond donors (Lipinski definition) is 1. The van der Waals surface area contributed by atoms with E-state index in [1.54, 1.807) is 0 Å². The van der Waals surface area contributed by atoms with Crippen LogP contribution in [0.15, 0.2) is 11.1 Å². The zero-order chi connectivity index (χ0) is 18.3. The summed E-state index contributed by atoms with van der Waals surface area (Å²) in [6.45, 7) is 9.74. The Bertz CT molecular complexity index is 663. The van der Waals surface area contributed by atoms with Gasteiger partial charge in [-0.1, -0.05) is 39.5 Å². The van der Waals surface area contributed by atoms with Crippen molar-refractivity contribution in [3.8, 4) is 12.1 Å². The summed E-state index contributed by atoms with van der Waals surface area (Å²) in [5, 5.41) is 18.7. The van der Waals surface area contributed by atoms with Crippen LogP contribution in [0.1, 0.15) is 38.8 Å². The molecule has 1 heterocycles. The first-order chi connectivity index (χ1) is 11.3. The van der Waals surface area contributed by atoms with Gasteiger partial charge in [0.15, 0.2) is 5.03 Å². The van der Waals surface area contributed by atoms with E-state index < -0.39 is 0 Å². The molecule has 0 saturated carbocycles. The summed E-state index contributed by atoms with van der Waals surface area (Å²) >= 11 is 1.24. The molecule has 0 bridgehead atoms. The van der Waals surface area contributed by atoms with E-state index in [0.717, 1.165) is 0 Å². The minimum atomic E-state index is 0.0302. The molecule has 6 nitrogen and oxygen atoms in total. The summed E-state index contributed by atoms with van der Waals surface area (Å²) < 4.78 is 0. The number of rotatable bonds is 7. The third-order valence-electron chi connectivity index (χ3n) is 3.18. The van der Waals surface area contributed by atoms with Gasteiger partial charge in [-0.25, -0.2) is 4.98 Å². The van der Waals surface area contributed by atoms with Gasteiger partial charge in [0.1, 0.15) is 23.3 Å². The third-order valence-corrected chi connectivity index (χ3v) is 4.18. The number of pyridine rings is 1. The van der Waals surface area contributed by atoms with E-state index in [4.69, 9.17) is 11.0 Å². The molecule has 7 heteroatoms. The lowest BCUT2D eigenvalue weighted by Crippen LogP contribution is -2.38. The molecule has 0 fully saturated rings. The molecular weight excluding hydrogens is 322 g/mol. The standard InChI is InChI=1S/C17H23N5OS/c1-11(2)8-22(9-12(3)4)15(23)10-24-17-14(7-19)5-13(6-18)16(20)21-17/h5,11-12H,8-10H2,1-4H3,(H2,20,21)/p+1. The highest BCUT2D eigenvalue weighted by Gasteiger charge is 2.20. The highest BCUT2D eigenvalue weighted by molar-refractivity contribution is 7.99. The van der Waals surface area contributed by atoms with Crippen molar-refractivity contribution in [3.05, 3.63) is 17.2 Å². The van der Waals surface area contributed by atoms with Crippen molar-refractivity contribution in [1.29, 1.82) is 10.5 Å². The van der Waals surface area contributed by atoms with Crippen LogP contribution in [0.4, 0.5) is 5.82 Å². The predicted octanol–water partition coefficient (Wildman–Crippen LogP) is 2.06. The lowest BCUT2D eigenvalue weighted by Gasteiger charge is -2.26. The Balaban J connectivity index is 2.87. The van der Waals surface area contributed by atoms with Crippen LogP contribution < -0.4 is 10.7 Å². The number of hydrogen-bond acceptors (Lipinski definition) is 5. The van der Waals surface area contributed by atoms with Crippen molar-refractivity contribution in [3.63, 3.8) is 0 Å². The number of H-pyrrole nitrogens is 1. The molecule has 1 rings (SSSR count). The number of carbonyl (C=O) groups is 1. The number of nitrogens with two attached hydrogens (primary N) is 1. The van der Waals surface area contributed by atoms with Crippen molar-refractivity contribution >= 4 is 23.5 Å². The molecule has 3 N–H and O–H groups in total. The van der Waals surface area contributed by atoms with Gasteiger partial charge in [0, 0.05) is 13.1 Å². The van der Waals surface area contributed by atoms with Crippen LogP contribution in [-0.4, -0.2) is 29.6 Å². The van der Waals surface area contributed by atoms with Crippen molar-refractivity contribution in [1.82, 2.24) is 4.90 Å². The van der Waals surface area contributed by atoms with E-state index >= 15 is 0 Å². The fourth-order valence-electron chi connectivity index (χ4n) is 2.22. The summed E-state index contributed by atoms with van der Waals surface area (Å²) in [6, 6.07) is 5.41. The van der Waals surface area contributed by atoms with E-state index in [1.165, 1.54) is 17.8 Å². The number of anilines is 1. The fourth-order valence-corrected chi connectivity index (χ4v) is 3.11. The van der Waals surface area contributed by atoms with Gasteiger partial charge in [-0.2, -0.15) is 10.5 Å². The highest BCUT2D eigenvalue weighted by atomic mass is 32.2.